The van der Waals surface area contributed by atoms with Crippen molar-refractivity contribution in [2.45, 2.75) is 6.54 Å². The van der Waals surface area contributed by atoms with Crippen molar-refractivity contribution in [2.24, 2.45) is 0 Å². The van der Waals surface area contributed by atoms with E-state index in [-0.39, 0.29) is 29.0 Å². The molecule has 2 aromatic rings. The molecule has 0 radical (unpaired) electrons. The Morgan fingerprint density at radius 2 is 2.22 bits per heavy atom. The third kappa shape index (κ3) is 3.81. The molecule has 1 heterocycles. The molecule has 9 heteroatoms. The highest BCUT2D eigenvalue weighted by atomic mass is 79.9. The van der Waals surface area contributed by atoms with Gasteiger partial charge in [0, 0.05) is 18.3 Å². The lowest BCUT2D eigenvalue weighted by molar-refractivity contribution is -0.384. The quantitative estimate of drug-likeness (QED) is 0.483. The Morgan fingerprint density at radius 3 is 2.87 bits per heavy atom. The molecule has 2 rings (SSSR count). The Morgan fingerprint density at radius 1 is 1.48 bits per heavy atom. The molecule has 0 aliphatic carbocycles. The number of nitro groups is 1. The maximum Gasteiger partial charge on any atom is 0.337 e. The molecular weight excluding hydrogens is 373 g/mol. The zero-order valence-corrected chi connectivity index (χ0v) is 13.5. The van der Waals surface area contributed by atoms with E-state index in [1.807, 2.05) is 0 Å². The second-order valence-corrected chi connectivity index (χ2v) is 5.28. The first-order chi connectivity index (χ1) is 10.9. The van der Waals surface area contributed by atoms with Crippen LogP contribution in [0.5, 0.6) is 0 Å². The molecule has 0 bridgehead atoms. The minimum atomic E-state index is -0.596. The number of nitrogens with zero attached hydrogens (tertiary/aromatic N) is 2. The van der Waals surface area contributed by atoms with Crippen LogP contribution in [-0.2, 0) is 11.3 Å². The van der Waals surface area contributed by atoms with Gasteiger partial charge in [0.05, 0.1) is 22.1 Å². The van der Waals surface area contributed by atoms with Gasteiger partial charge in [-0.3, -0.25) is 15.1 Å². The van der Waals surface area contributed by atoms with Gasteiger partial charge in [-0.1, -0.05) is 0 Å². The first-order valence-corrected chi connectivity index (χ1v) is 7.12. The van der Waals surface area contributed by atoms with Gasteiger partial charge in [-0.15, -0.1) is 0 Å². The lowest BCUT2D eigenvalue weighted by Gasteiger charge is -2.10. The van der Waals surface area contributed by atoms with Gasteiger partial charge in [0.2, 0.25) is 0 Å². The summed E-state index contributed by atoms with van der Waals surface area (Å²) in [4.78, 5) is 25.6. The molecule has 1 aromatic heterocycles. The Labute approximate surface area is 138 Å². The summed E-state index contributed by atoms with van der Waals surface area (Å²) in [5.74, 6) is -1.14. The first kappa shape index (κ1) is 16.8. The van der Waals surface area contributed by atoms with Gasteiger partial charge < -0.3 is 10.1 Å². The van der Waals surface area contributed by atoms with Crippen LogP contribution < -0.4 is 5.32 Å². The normalized spacial score (nSPS) is 10.2. The van der Waals surface area contributed by atoms with Crippen LogP contribution >= 0.6 is 15.9 Å². The van der Waals surface area contributed by atoms with Crippen molar-refractivity contribution in [1.82, 2.24) is 4.98 Å². The molecule has 0 saturated carbocycles. The fourth-order valence-corrected chi connectivity index (χ4v) is 2.34. The minimum Gasteiger partial charge on any atom is -0.465 e. The summed E-state index contributed by atoms with van der Waals surface area (Å²) in [6.45, 7) is -0.0554. The van der Waals surface area contributed by atoms with Crippen LogP contribution in [0.2, 0.25) is 0 Å². The summed E-state index contributed by atoms with van der Waals surface area (Å²) in [6.07, 6.45) is 2.48. The molecule has 1 N–H and O–H groups in total. The molecule has 0 fully saturated rings. The monoisotopic (exact) mass is 383 g/mol. The molecule has 0 atom stereocenters. The highest BCUT2D eigenvalue weighted by Crippen LogP contribution is 2.31. The van der Waals surface area contributed by atoms with Crippen LogP contribution in [0.1, 0.15) is 15.9 Å². The second-order valence-electron chi connectivity index (χ2n) is 4.42. The molecule has 0 amide bonds. The standard InChI is InChI=1S/C14H11BrFN3O4/c1-23-14(20)8-2-3-11(16)9(4-8)5-18-13-10(15)6-17-7-12(13)19(21)22/h2-4,6-7H,5H2,1H3,(H,17,18). The number of ether oxygens (including phenoxy) is 1. The molecular formula is C14H11BrFN3O4. The Kier molecular flexibility index (Phi) is 5.22. The number of hydrogen-bond acceptors (Lipinski definition) is 6. The van der Waals surface area contributed by atoms with E-state index in [2.05, 4.69) is 31.0 Å². The SMILES string of the molecule is COC(=O)c1ccc(F)c(CNc2c(Br)cncc2[N+](=O)[O-])c1. The van der Waals surface area contributed by atoms with Crippen LogP contribution in [0, 0.1) is 15.9 Å². The number of anilines is 1. The Bertz CT molecular complexity index is 770. The average molecular weight is 384 g/mol. The maximum absolute atomic E-state index is 13.8. The van der Waals surface area contributed by atoms with Crippen LogP contribution in [0.4, 0.5) is 15.8 Å². The number of aromatic nitrogens is 1. The smallest absolute Gasteiger partial charge is 0.337 e. The van der Waals surface area contributed by atoms with E-state index >= 15 is 0 Å². The van der Waals surface area contributed by atoms with E-state index in [9.17, 15) is 19.3 Å². The van der Waals surface area contributed by atoms with Gasteiger partial charge in [0.15, 0.2) is 0 Å². The summed E-state index contributed by atoms with van der Waals surface area (Å²) in [7, 11) is 1.22. The van der Waals surface area contributed by atoms with E-state index in [0.29, 0.717) is 4.47 Å². The molecule has 120 valence electrons. The van der Waals surface area contributed by atoms with Crippen molar-refractivity contribution < 1.29 is 18.8 Å². The van der Waals surface area contributed by atoms with Crippen molar-refractivity contribution >= 4 is 33.3 Å². The summed E-state index contributed by atoms with van der Waals surface area (Å²) >= 11 is 3.16. The van der Waals surface area contributed by atoms with E-state index in [1.165, 1.54) is 25.4 Å². The third-order valence-electron chi connectivity index (χ3n) is 3.00. The van der Waals surface area contributed by atoms with E-state index in [0.717, 1.165) is 12.3 Å². The lowest BCUT2D eigenvalue weighted by atomic mass is 10.1. The van der Waals surface area contributed by atoms with Gasteiger partial charge in [-0.05, 0) is 34.1 Å². The highest BCUT2D eigenvalue weighted by molar-refractivity contribution is 9.10. The van der Waals surface area contributed by atoms with E-state index in [4.69, 9.17) is 0 Å². The highest BCUT2D eigenvalue weighted by Gasteiger charge is 2.18. The molecule has 0 aliphatic heterocycles. The van der Waals surface area contributed by atoms with Crippen LogP contribution in [-0.4, -0.2) is 23.0 Å². The zero-order chi connectivity index (χ0) is 17.0. The Hall–Kier alpha value is -2.55. The van der Waals surface area contributed by atoms with E-state index < -0.39 is 16.7 Å². The number of hydrogen-bond donors (Lipinski definition) is 1. The van der Waals surface area contributed by atoms with Gasteiger partial charge in [-0.2, -0.15) is 0 Å². The molecule has 1 aromatic carbocycles. The van der Waals surface area contributed by atoms with Crippen LogP contribution in [0.15, 0.2) is 35.1 Å². The van der Waals surface area contributed by atoms with Crippen molar-refractivity contribution in [1.29, 1.82) is 0 Å². The minimum absolute atomic E-state index is 0.0554. The first-order valence-electron chi connectivity index (χ1n) is 6.32. The van der Waals surface area contributed by atoms with Gasteiger partial charge >= 0.3 is 11.7 Å². The zero-order valence-electron chi connectivity index (χ0n) is 11.9. The van der Waals surface area contributed by atoms with Gasteiger partial charge in [0.25, 0.3) is 0 Å². The van der Waals surface area contributed by atoms with Crippen molar-refractivity contribution in [2.75, 3.05) is 12.4 Å². The Balaban J connectivity index is 2.28. The number of nitrogens with one attached hydrogen (secondary N) is 1. The number of pyridine rings is 1. The third-order valence-corrected chi connectivity index (χ3v) is 3.60. The summed E-state index contributed by atoms with van der Waals surface area (Å²) in [6, 6.07) is 3.77. The molecule has 7 nitrogen and oxygen atoms in total. The van der Waals surface area contributed by atoms with Crippen molar-refractivity contribution in [3.8, 4) is 0 Å². The van der Waals surface area contributed by atoms with Gasteiger partial charge in [-0.25, -0.2) is 9.18 Å². The maximum atomic E-state index is 13.8. The average Bonchev–Trinajstić information content (AvgIpc) is 2.53. The fraction of sp³-hybridized carbons (Fsp3) is 0.143. The topological polar surface area (TPSA) is 94.4 Å². The van der Waals surface area contributed by atoms with Crippen molar-refractivity contribution in [3.05, 3.63) is 62.1 Å². The second kappa shape index (κ2) is 7.14. The van der Waals surface area contributed by atoms with E-state index in [1.54, 1.807) is 0 Å². The fourth-order valence-electron chi connectivity index (χ4n) is 1.88. The molecule has 0 unspecified atom stereocenters. The number of esters is 1. The van der Waals surface area contributed by atoms with Crippen LogP contribution in [0.3, 0.4) is 0 Å². The van der Waals surface area contributed by atoms with Crippen LogP contribution in [0.25, 0.3) is 0 Å². The van der Waals surface area contributed by atoms with Crippen molar-refractivity contribution in [3.63, 3.8) is 0 Å². The number of rotatable bonds is 5. The molecule has 23 heavy (non-hydrogen) atoms. The summed E-state index contributed by atoms with van der Waals surface area (Å²) < 4.78 is 18.8. The number of benzene rings is 1. The molecule has 0 saturated heterocycles. The predicted octanol–water partition coefficient (Wildman–Crippen LogP) is 3.29. The number of carbonyl (C=O) groups is 1. The number of carbonyl (C=O) groups excluding carboxylic acids is 1. The summed E-state index contributed by atoms with van der Waals surface area (Å²) in [5.41, 5.74) is 0.289. The largest absolute Gasteiger partial charge is 0.465 e. The summed E-state index contributed by atoms with van der Waals surface area (Å²) in [5, 5.41) is 13.8. The number of halogens is 2. The van der Waals surface area contributed by atoms with Gasteiger partial charge in [0.1, 0.15) is 17.7 Å². The number of methoxy groups -OCH3 is 1. The lowest BCUT2D eigenvalue weighted by Crippen LogP contribution is -2.08. The predicted molar refractivity (Wildman–Crippen MR) is 83.7 cm³/mol. The molecule has 0 spiro atoms. The molecule has 0 aliphatic rings.